The molecular weight excluding hydrogens is 178 g/mol. The smallest absolute Gasteiger partial charge is 0.0314 e. The summed E-state index contributed by atoms with van der Waals surface area (Å²) in [6, 6.07) is 8.11. The zero-order valence-corrected chi connectivity index (χ0v) is 8.93. The molecule has 0 fully saturated rings. The molecule has 1 nitrogen and oxygen atoms in total. The number of benzene rings is 1. The van der Waals surface area contributed by atoms with Crippen molar-refractivity contribution in [3.63, 3.8) is 0 Å². The Bertz CT molecular complexity index is 241. The molecule has 1 rings (SSSR count). The van der Waals surface area contributed by atoms with E-state index in [4.69, 9.17) is 5.73 Å². The van der Waals surface area contributed by atoms with Gasteiger partial charge in [0.2, 0.25) is 0 Å². The lowest BCUT2D eigenvalue weighted by Gasteiger charge is -2.04. The van der Waals surface area contributed by atoms with Gasteiger partial charge in [0.05, 0.1) is 0 Å². The minimum absolute atomic E-state index is 0.508. The van der Waals surface area contributed by atoms with Crippen molar-refractivity contribution in [2.75, 3.05) is 5.73 Å². The Balaban J connectivity index is 2.33. The highest BCUT2D eigenvalue weighted by molar-refractivity contribution is 7.80. The van der Waals surface area contributed by atoms with Gasteiger partial charge in [-0.2, -0.15) is 12.6 Å². The fraction of sp³-hybridized carbons (Fsp3) is 0.455. The molecule has 0 saturated carbocycles. The lowest BCUT2D eigenvalue weighted by molar-refractivity contribution is 0.732. The molecule has 0 spiro atoms. The number of nitrogen functional groups attached to an aromatic ring is 1. The molecule has 72 valence electrons. The molecule has 1 atom stereocenters. The molecule has 0 aliphatic heterocycles. The molecule has 2 heteroatoms. The van der Waals surface area contributed by atoms with Crippen LogP contribution in [0.3, 0.4) is 0 Å². The first-order valence-electron chi connectivity index (χ1n) is 4.71. The van der Waals surface area contributed by atoms with Crippen molar-refractivity contribution in [3.05, 3.63) is 29.8 Å². The topological polar surface area (TPSA) is 26.0 Å². The normalized spacial score (nSPS) is 12.8. The van der Waals surface area contributed by atoms with Gasteiger partial charge in [0.25, 0.3) is 0 Å². The van der Waals surface area contributed by atoms with E-state index in [1.807, 2.05) is 12.1 Å². The van der Waals surface area contributed by atoms with Gasteiger partial charge in [-0.25, -0.2) is 0 Å². The quantitative estimate of drug-likeness (QED) is 0.560. The van der Waals surface area contributed by atoms with E-state index >= 15 is 0 Å². The monoisotopic (exact) mass is 195 g/mol. The highest BCUT2D eigenvalue weighted by Crippen LogP contribution is 2.11. The summed E-state index contributed by atoms with van der Waals surface area (Å²) in [6.45, 7) is 2.13. The van der Waals surface area contributed by atoms with Crippen molar-refractivity contribution in [1.29, 1.82) is 0 Å². The van der Waals surface area contributed by atoms with E-state index in [9.17, 15) is 0 Å². The Morgan fingerprint density at radius 3 is 2.46 bits per heavy atom. The van der Waals surface area contributed by atoms with Crippen LogP contribution in [0.1, 0.15) is 25.3 Å². The Morgan fingerprint density at radius 1 is 1.31 bits per heavy atom. The van der Waals surface area contributed by atoms with Crippen LogP contribution in [0.5, 0.6) is 0 Å². The van der Waals surface area contributed by atoms with Gasteiger partial charge in [-0.15, -0.1) is 0 Å². The molecule has 0 aromatic heterocycles. The average molecular weight is 195 g/mol. The van der Waals surface area contributed by atoms with Gasteiger partial charge in [-0.1, -0.05) is 19.1 Å². The SMILES string of the molecule is CC(S)CCCc1ccc(N)cc1. The minimum atomic E-state index is 0.508. The molecule has 0 radical (unpaired) electrons. The van der Waals surface area contributed by atoms with Crippen molar-refractivity contribution in [2.45, 2.75) is 31.4 Å². The molecule has 0 aliphatic carbocycles. The zero-order chi connectivity index (χ0) is 9.68. The largest absolute Gasteiger partial charge is 0.399 e. The summed E-state index contributed by atoms with van der Waals surface area (Å²) >= 11 is 4.34. The average Bonchev–Trinajstić information content (AvgIpc) is 2.08. The van der Waals surface area contributed by atoms with Crippen molar-refractivity contribution in [1.82, 2.24) is 0 Å². The predicted octanol–water partition coefficient (Wildman–Crippen LogP) is 2.91. The lowest BCUT2D eigenvalue weighted by atomic mass is 10.1. The zero-order valence-electron chi connectivity index (χ0n) is 8.03. The highest BCUT2D eigenvalue weighted by Gasteiger charge is 1.96. The first kappa shape index (κ1) is 10.5. The van der Waals surface area contributed by atoms with Gasteiger partial charge < -0.3 is 5.73 Å². The second-order valence-electron chi connectivity index (χ2n) is 3.48. The maximum Gasteiger partial charge on any atom is 0.0314 e. The Morgan fingerprint density at radius 2 is 1.92 bits per heavy atom. The van der Waals surface area contributed by atoms with Crippen LogP contribution >= 0.6 is 12.6 Å². The van der Waals surface area contributed by atoms with Crippen molar-refractivity contribution < 1.29 is 0 Å². The van der Waals surface area contributed by atoms with Crippen LogP contribution in [-0.4, -0.2) is 5.25 Å². The van der Waals surface area contributed by atoms with Gasteiger partial charge in [-0.3, -0.25) is 0 Å². The van der Waals surface area contributed by atoms with E-state index in [0.29, 0.717) is 5.25 Å². The summed E-state index contributed by atoms with van der Waals surface area (Å²) in [5.41, 5.74) is 7.79. The second-order valence-corrected chi connectivity index (χ2v) is 4.36. The van der Waals surface area contributed by atoms with Gasteiger partial charge in [0.15, 0.2) is 0 Å². The summed E-state index contributed by atoms with van der Waals surface area (Å²) in [5, 5.41) is 0.508. The second kappa shape index (κ2) is 5.18. The number of thiol groups is 1. The third kappa shape index (κ3) is 4.23. The number of hydrogen-bond acceptors (Lipinski definition) is 2. The van der Waals surface area contributed by atoms with Gasteiger partial charge >= 0.3 is 0 Å². The third-order valence-electron chi connectivity index (χ3n) is 2.07. The molecule has 0 aliphatic rings. The highest BCUT2D eigenvalue weighted by atomic mass is 32.1. The van der Waals surface area contributed by atoms with Crippen LogP contribution in [-0.2, 0) is 6.42 Å². The van der Waals surface area contributed by atoms with Crippen molar-refractivity contribution in [2.24, 2.45) is 0 Å². The molecule has 1 aromatic rings. The Labute approximate surface area is 85.8 Å². The summed E-state index contributed by atoms with van der Waals surface area (Å²) < 4.78 is 0. The Hall–Kier alpha value is -0.630. The molecule has 13 heavy (non-hydrogen) atoms. The van der Waals surface area contributed by atoms with Gasteiger partial charge in [-0.05, 0) is 42.2 Å². The van der Waals surface area contributed by atoms with Crippen LogP contribution in [0.15, 0.2) is 24.3 Å². The van der Waals surface area contributed by atoms with E-state index < -0.39 is 0 Å². The third-order valence-corrected chi connectivity index (χ3v) is 2.33. The molecule has 1 unspecified atom stereocenters. The number of aryl methyl sites for hydroxylation is 1. The fourth-order valence-corrected chi connectivity index (χ4v) is 1.47. The van der Waals surface area contributed by atoms with Crippen molar-refractivity contribution >= 4 is 18.3 Å². The fourth-order valence-electron chi connectivity index (χ4n) is 1.29. The van der Waals surface area contributed by atoms with Crippen LogP contribution in [0.4, 0.5) is 5.69 Å². The molecule has 0 heterocycles. The van der Waals surface area contributed by atoms with Crippen LogP contribution in [0.25, 0.3) is 0 Å². The first-order chi connectivity index (χ1) is 6.18. The maximum absolute atomic E-state index is 5.59. The van der Waals surface area contributed by atoms with Crippen LogP contribution < -0.4 is 5.73 Å². The Kier molecular flexibility index (Phi) is 4.16. The molecule has 1 aromatic carbocycles. The lowest BCUT2D eigenvalue weighted by Crippen LogP contribution is -1.93. The predicted molar refractivity (Wildman–Crippen MR) is 62.2 cm³/mol. The number of nitrogens with two attached hydrogens (primary N) is 1. The van der Waals surface area contributed by atoms with E-state index in [2.05, 4.69) is 31.7 Å². The summed E-state index contributed by atoms with van der Waals surface area (Å²) in [7, 11) is 0. The number of hydrogen-bond donors (Lipinski definition) is 2. The van der Waals surface area contributed by atoms with Gasteiger partial charge in [0, 0.05) is 5.69 Å². The maximum atomic E-state index is 5.59. The molecule has 0 bridgehead atoms. The van der Waals surface area contributed by atoms with E-state index in [-0.39, 0.29) is 0 Å². The summed E-state index contributed by atoms with van der Waals surface area (Å²) in [4.78, 5) is 0. The molecule has 0 saturated heterocycles. The minimum Gasteiger partial charge on any atom is -0.399 e. The van der Waals surface area contributed by atoms with Crippen molar-refractivity contribution in [3.8, 4) is 0 Å². The number of rotatable bonds is 4. The summed E-state index contributed by atoms with van der Waals surface area (Å²) in [6.07, 6.45) is 3.51. The van der Waals surface area contributed by atoms with Crippen LogP contribution in [0.2, 0.25) is 0 Å². The van der Waals surface area contributed by atoms with E-state index in [0.717, 1.165) is 12.1 Å². The standard InChI is InChI=1S/C11H17NS/c1-9(13)3-2-4-10-5-7-11(12)8-6-10/h5-9,13H,2-4,12H2,1H3. The number of anilines is 1. The summed E-state index contributed by atoms with van der Waals surface area (Å²) in [5.74, 6) is 0. The van der Waals surface area contributed by atoms with E-state index in [1.165, 1.54) is 18.4 Å². The molecule has 2 N–H and O–H groups in total. The van der Waals surface area contributed by atoms with Crippen LogP contribution in [0, 0.1) is 0 Å². The van der Waals surface area contributed by atoms with E-state index in [1.54, 1.807) is 0 Å². The first-order valence-corrected chi connectivity index (χ1v) is 5.22. The molecular formula is C11H17NS. The molecule has 0 amide bonds. The van der Waals surface area contributed by atoms with Gasteiger partial charge in [0.1, 0.15) is 0 Å².